The summed E-state index contributed by atoms with van der Waals surface area (Å²) in [6.45, 7) is 4.43. The van der Waals surface area contributed by atoms with Gasteiger partial charge in [0.2, 0.25) is 0 Å². The molecule has 0 atom stereocenters. The van der Waals surface area contributed by atoms with Crippen LogP contribution in [0.1, 0.15) is 52.4 Å². The Bertz CT molecular complexity index is 116. The van der Waals surface area contributed by atoms with Gasteiger partial charge < -0.3 is 0 Å². The van der Waals surface area contributed by atoms with Gasteiger partial charge in [-0.1, -0.05) is 39.5 Å². The molecule has 1 heterocycles. The molecule has 0 aromatic carbocycles. The van der Waals surface area contributed by atoms with Crippen molar-refractivity contribution in [3.8, 4) is 0 Å². The third-order valence-electron chi connectivity index (χ3n) is 2.56. The van der Waals surface area contributed by atoms with E-state index in [2.05, 4.69) is 35.6 Å². The fourth-order valence-electron chi connectivity index (χ4n) is 1.58. The number of rotatable bonds is 6. The lowest BCUT2D eigenvalue weighted by Crippen LogP contribution is -2.68. The monoisotopic (exact) mass is 200 g/mol. The van der Waals surface area contributed by atoms with Crippen LogP contribution in [0.25, 0.3) is 0 Å². The minimum Gasteiger partial charge on any atom is -0.238 e. The van der Waals surface area contributed by atoms with Crippen molar-refractivity contribution in [2.75, 3.05) is 0 Å². The first-order valence-electron chi connectivity index (χ1n) is 5.89. The van der Waals surface area contributed by atoms with Crippen LogP contribution in [-0.2, 0) is 0 Å². The number of hydrazine groups is 2. The summed E-state index contributed by atoms with van der Waals surface area (Å²) < 4.78 is 0. The lowest BCUT2D eigenvalue weighted by atomic mass is 10.2. The van der Waals surface area contributed by atoms with E-state index in [4.69, 9.17) is 0 Å². The molecule has 4 heteroatoms. The third kappa shape index (κ3) is 4.37. The van der Waals surface area contributed by atoms with Gasteiger partial charge in [0, 0.05) is 0 Å². The molecule has 0 spiro atoms. The second-order valence-electron chi connectivity index (χ2n) is 3.97. The number of hydrogen-bond acceptors (Lipinski definition) is 4. The second-order valence-corrected chi connectivity index (χ2v) is 3.97. The maximum Gasteiger partial charge on any atom is 0.0833 e. The summed E-state index contributed by atoms with van der Waals surface area (Å²) in [6, 6.07) is 0. The Morgan fingerprint density at radius 3 is 1.36 bits per heavy atom. The van der Waals surface area contributed by atoms with Gasteiger partial charge in [-0.3, -0.25) is 0 Å². The summed E-state index contributed by atoms with van der Waals surface area (Å²) in [7, 11) is 0. The second kappa shape index (κ2) is 7.17. The van der Waals surface area contributed by atoms with Crippen molar-refractivity contribution in [3.05, 3.63) is 0 Å². The van der Waals surface area contributed by atoms with Crippen LogP contribution in [0.5, 0.6) is 0 Å². The molecule has 1 rings (SSSR count). The molecule has 1 aliphatic heterocycles. The Morgan fingerprint density at radius 2 is 1.07 bits per heavy atom. The highest BCUT2D eigenvalue weighted by atomic mass is 15.6. The zero-order valence-electron chi connectivity index (χ0n) is 9.40. The molecule has 0 unspecified atom stereocenters. The minimum absolute atomic E-state index is 0.368. The van der Waals surface area contributed by atoms with Gasteiger partial charge in [0.05, 0.1) is 12.3 Å². The minimum atomic E-state index is 0.368. The van der Waals surface area contributed by atoms with E-state index in [0.29, 0.717) is 12.3 Å². The van der Waals surface area contributed by atoms with Crippen LogP contribution in [0.2, 0.25) is 0 Å². The van der Waals surface area contributed by atoms with Crippen LogP contribution in [0.3, 0.4) is 0 Å². The molecule has 0 radical (unpaired) electrons. The van der Waals surface area contributed by atoms with Crippen LogP contribution in [0.15, 0.2) is 0 Å². The van der Waals surface area contributed by atoms with Crippen molar-refractivity contribution in [2.24, 2.45) is 0 Å². The molecule has 4 N–H and O–H groups in total. The summed E-state index contributed by atoms with van der Waals surface area (Å²) in [5.74, 6) is 0. The fourth-order valence-corrected chi connectivity index (χ4v) is 1.58. The average molecular weight is 200 g/mol. The summed E-state index contributed by atoms with van der Waals surface area (Å²) >= 11 is 0. The summed E-state index contributed by atoms with van der Waals surface area (Å²) in [4.78, 5) is 0. The molecule has 0 aromatic heterocycles. The molecule has 1 fully saturated rings. The smallest absolute Gasteiger partial charge is 0.0833 e. The molecule has 84 valence electrons. The van der Waals surface area contributed by atoms with Gasteiger partial charge in [0.1, 0.15) is 0 Å². The summed E-state index contributed by atoms with van der Waals surface area (Å²) in [5, 5.41) is 0. The molecule has 4 nitrogen and oxygen atoms in total. The van der Waals surface area contributed by atoms with Crippen molar-refractivity contribution >= 4 is 0 Å². The molecule has 1 aliphatic rings. The maximum absolute atomic E-state index is 3.29. The van der Waals surface area contributed by atoms with Gasteiger partial charge in [-0.15, -0.1) is 0 Å². The molecule has 0 amide bonds. The summed E-state index contributed by atoms with van der Waals surface area (Å²) in [5.41, 5.74) is 13.2. The molecule has 0 saturated carbocycles. The van der Waals surface area contributed by atoms with Gasteiger partial charge >= 0.3 is 0 Å². The number of nitrogens with one attached hydrogen (secondary N) is 4. The lowest BCUT2D eigenvalue weighted by Gasteiger charge is -2.33. The SMILES string of the molecule is CCCCC1NNC(CCCC)NN1. The van der Waals surface area contributed by atoms with Crippen LogP contribution >= 0.6 is 0 Å². The van der Waals surface area contributed by atoms with Gasteiger partial charge in [-0.2, -0.15) is 0 Å². The lowest BCUT2D eigenvalue weighted by molar-refractivity contribution is 0.173. The normalized spacial score (nSPS) is 27.9. The molecule has 0 bridgehead atoms. The van der Waals surface area contributed by atoms with Crippen LogP contribution in [-0.4, -0.2) is 12.3 Å². The topological polar surface area (TPSA) is 48.1 Å². The van der Waals surface area contributed by atoms with E-state index in [1.54, 1.807) is 0 Å². The van der Waals surface area contributed by atoms with Gasteiger partial charge in [-0.25, -0.2) is 21.7 Å². The van der Waals surface area contributed by atoms with Crippen LogP contribution < -0.4 is 21.7 Å². The average Bonchev–Trinajstić information content (AvgIpc) is 2.25. The zero-order chi connectivity index (χ0) is 10.2. The predicted octanol–water partition coefficient (Wildman–Crippen LogP) is 1.22. The zero-order valence-corrected chi connectivity index (χ0v) is 9.40. The molecule has 14 heavy (non-hydrogen) atoms. The van der Waals surface area contributed by atoms with Gasteiger partial charge in [-0.05, 0) is 12.8 Å². The highest BCUT2D eigenvalue weighted by Gasteiger charge is 2.16. The standard InChI is InChI=1S/C10H24N4/c1-3-5-7-9-11-13-10(14-12-9)8-6-4-2/h9-14H,3-8H2,1-2H3. The van der Waals surface area contributed by atoms with E-state index in [-0.39, 0.29) is 0 Å². The van der Waals surface area contributed by atoms with E-state index < -0.39 is 0 Å². The first-order valence-corrected chi connectivity index (χ1v) is 5.89. The van der Waals surface area contributed by atoms with Gasteiger partial charge in [0.25, 0.3) is 0 Å². The van der Waals surface area contributed by atoms with E-state index in [1.807, 2.05) is 0 Å². The molecule has 0 aromatic rings. The summed E-state index contributed by atoms with van der Waals surface area (Å²) in [6.07, 6.45) is 8.08. The number of unbranched alkanes of at least 4 members (excludes halogenated alkanes) is 2. The first-order chi connectivity index (χ1) is 6.86. The quantitative estimate of drug-likeness (QED) is 0.521. The Morgan fingerprint density at radius 1 is 0.714 bits per heavy atom. The van der Waals surface area contributed by atoms with E-state index in [0.717, 1.165) is 12.8 Å². The highest BCUT2D eigenvalue weighted by molar-refractivity contribution is 4.70. The fraction of sp³-hybridized carbons (Fsp3) is 1.00. The third-order valence-corrected chi connectivity index (χ3v) is 2.56. The molecular formula is C10H24N4. The molecular weight excluding hydrogens is 176 g/mol. The van der Waals surface area contributed by atoms with E-state index in [9.17, 15) is 0 Å². The van der Waals surface area contributed by atoms with Crippen molar-refractivity contribution in [3.63, 3.8) is 0 Å². The largest absolute Gasteiger partial charge is 0.238 e. The predicted molar refractivity (Wildman–Crippen MR) is 59.2 cm³/mol. The Balaban J connectivity index is 2.05. The van der Waals surface area contributed by atoms with Crippen LogP contribution in [0, 0.1) is 0 Å². The Kier molecular flexibility index (Phi) is 6.10. The van der Waals surface area contributed by atoms with Crippen molar-refractivity contribution in [2.45, 2.75) is 64.7 Å². The Hall–Kier alpha value is -0.160. The highest BCUT2D eigenvalue weighted by Crippen LogP contribution is 2.02. The first kappa shape index (κ1) is 11.9. The Labute approximate surface area is 87.2 Å². The van der Waals surface area contributed by atoms with E-state index >= 15 is 0 Å². The van der Waals surface area contributed by atoms with Crippen molar-refractivity contribution in [1.82, 2.24) is 21.7 Å². The van der Waals surface area contributed by atoms with Crippen LogP contribution in [0.4, 0.5) is 0 Å². The number of hydrogen-bond donors (Lipinski definition) is 4. The van der Waals surface area contributed by atoms with Crippen molar-refractivity contribution in [1.29, 1.82) is 0 Å². The molecule has 1 saturated heterocycles. The van der Waals surface area contributed by atoms with E-state index in [1.165, 1.54) is 25.7 Å². The molecule has 0 aliphatic carbocycles. The maximum atomic E-state index is 3.29. The van der Waals surface area contributed by atoms with Gasteiger partial charge in [0.15, 0.2) is 0 Å². The van der Waals surface area contributed by atoms with Crippen molar-refractivity contribution < 1.29 is 0 Å².